The number of hydrogen-bond acceptors (Lipinski definition) is 5. The summed E-state index contributed by atoms with van der Waals surface area (Å²) in [4.78, 5) is 22.1. The molecule has 0 atom stereocenters. The van der Waals surface area contributed by atoms with Crippen molar-refractivity contribution in [3.8, 4) is 0 Å². The monoisotopic (exact) mass is 269 g/mol. The van der Waals surface area contributed by atoms with Gasteiger partial charge in [0.15, 0.2) is 0 Å². The largest absolute Gasteiger partial charge is 0.481 e. The van der Waals surface area contributed by atoms with Gasteiger partial charge in [-0.2, -0.15) is 0 Å². The summed E-state index contributed by atoms with van der Waals surface area (Å²) in [6.45, 7) is 4.35. The molecule has 1 aromatic rings. The third kappa shape index (κ3) is 4.40. The van der Waals surface area contributed by atoms with Crippen molar-refractivity contribution in [2.75, 3.05) is 13.7 Å². The number of carboxylic acids is 1. The molecular weight excluding hydrogens is 250 g/mol. The number of furan rings is 1. The molecule has 6 heteroatoms. The number of hydrogen-bond donors (Lipinski definition) is 2. The number of ether oxygens (including phenoxy) is 1. The topological polar surface area (TPSA) is 88.8 Å². The maximum atomic E-state index is 11.2. The second-order valence-corrected chi connectivity index (χ2v) is 4.87. The van der Waals surface area contributed by atoms with E-state index in [1.54, 1.807) is 26.0 Å². The van der Waals surface area contributed by atoms with E-state index in [1.165, 1.54) is 7.11 Å². The average Bonchev–Trinajstić information content (AvgIpc) is 2.82. The Kier molecular flexibility index (Phi) is 5.11. The lowest BCUT2D eigenvalue weighted by Crippen LogP contribution is -2.28. The van der Waals surface area contributed by atoms with Gasteiger partial charge in [-0.25, -0.2) is 4.79 Å². The lowest BCUT2D eigenvalue weighted by Gasteiger charge is -2.18. The molecule has 0 spiro atoms. The van der Waals surface area contributed by atoms with Crippen LogP contribution in [0.15, 0.2) is 16.5 Å². The van der Waals surface area contributed by atoms with Gasteiger partial charge < -0.3 is 19.6 Å². The molecule has 19 heavy (non-hydrogen) atoms. The molecule has 1 aromatic heterocycles. The van der Waals surface area contributed by atoms with Crippen molar-refractivity contribution in [2.45, 2.75) is 26.8 Å². The van der Waals surface area contributed by atoms with E-state index in [-0.39, 0.29) is 5.76 Å². The highest BCUT2D eigenvalue weighted by Gasteiger charge is 2.26. The average molecular weight is 269 g/mol. The maximum Gasteiger partial charge on any atom is 0.373 e. The number of aliphatic carboxylic acids is 1. The zero-order chi connectivity index (χ0) is 14.5. The summed E-state index contributed by atoms with van der Waals surface area (Å²) >= 11 is 0. The first kappa shape index (κ1) is 15.2. The van der Waals surface area contributed by atoms with E-state index in [4.69, 9.17) is 9.52 Å². The Morgan fingerprint density at radius 1 is 1.42 bits per heavy atom. The first-order chi connectivity index (χ1) is 8.86. The minimum Gasteiger partial charge on any atom is -0.481 e. The highest BCUT2D eigenvalue weighted by molar-refractivity contribution is 5.86. The molecule has 0 saturated carbocycles. The van der Waals surface area contributed by atoms with Crippen LogP contribution in [-0.2, 0) is 16.1 Å². The minimum absolute atomic E-state index is 0.158. The fourth-order valence-electron chi connectivity index (χ4n) is 1.40. The summed E-state index contributed by atoms with van der Waals surface area (Å²) in [6, 6.07) is 3.23. The summed E-state index contributed by atoms with van der Waals surface area (Å²) in [7, 11) is 1.29. The molecule has 0 bridgehead atoms. The van der Waals surface area contributed by atoms with E-state index in [0.717, 1.165) is 0 Å². The summed E-state index contributed by atoms with van der Waals surface area (Å²) in [6.07, 6.45) is 0.507. The lowest BCUT2D eigenvalue weighted by molar-refractivity contribution is -0.147. The van der Waals surface area contributed by atoms with Crippen LogP contribution in [0.2, 0.25) is 0 Å². The molecule has 1 heterocycles. The number of nitrogens with one attached hydrogen (secondary N) is 1. The van der Waals surface area contributed by atoms with Crippen molar-refractivity contribution in [3.63, 3.8) is 0 Å². The summed E-state index contributed by atoms with van der Waals surface area (Å²) in [5.41, 5.74) is -0.757. The van der Waals surface area contributed by atoms with E-state index in [2.05, 4.69) is 10.1 Å². The molecule has 0 unspecified atom stereocenters. The Bertz CT molecular complexity index is 450. The highest BCUT2D eigenvalue weighted by atomic mass is 16.5. The zero-order valence-corrected chi connectivity index (χ0v) is 11.4. The molecule has 0 aliphatic rings. The zero-order valence-electron chi connectivity index (χ0n) is 11.4. The number of carboxylic acid groups (broad SMARTS) is 1. The third-order valence-corrected chi connectivity index (χ3v) is 2.85. The predicted molar refractivity (Wildman–Crippen MR) is 67.8 cm³/mol. The van der Waals surface area contributed by atoms with Crippen LogP contribution in [-0.4, -0.2) is 30.7 Å². The second kappa shape index (κ2) is 6.38. The van der Waals surface area contributed by atoms with Crippen LogP contribution in [0.5, 0.6) is 0 Å². The van der Waals surface area contributed by atoms with Gasteiger partial charge in [-0.05, 0) is 38.9 Å². The lowest BCUT2D eigenvalue weighted by atomic mass is 9.90. The Labute approximate surface area is 111 Å². The quantitative estimate of drug-likeness (QED) is 0.578. The molecule has 0 amide bonds. The molecule has 0 radical (unpaired) electrons. The van der Waals surface area contributed by atoms with Crippen LogP contribution in [0.1, 0.15) is 36.6 Å². The van der Waals surface area contributed by atoms with Crippen LogP contribution < -0.4 is 5.32 Å². The molecule has 0 aliphatic carbocycles. The fourth-order valence-corrected chi connectivity index (χ4v) is 1.40. The van der Waals surface area contributed by atoms with E-state index in [1.807, 2.05) is 0 Å². The molecule has 106 valence electrons. The molecule has 2 N–H and O–H groups in total. The smallest absolute Gasteiger partial charge is 0.373 e. The Morgan fingerprint density at radius 2 is 2.11 bits per heavy atom. The maximum absolute atomic E-state index is 11.2. The molecule has 0 saturated heterocycles. The van der Waals surface area contributed by atoms with Crippen molar-refractivity contribution in [1.29, 1.82) is 0 Å². The van der Waals surface area contributed by atoms with Gasteiger partial charge in [-0.3, -0.25) is 4.79 Å². The minimum atomic E-state index is -0.819. The van der Waals surface area contributed by atoms with E-state index in [0.29, 0.717) is 25.3 Å². The van der Waals surface area contributed by atoms with Crippen LogP contribution in [0.25, 0.3) is 0 Å². The molecule has 1 rings (SSSR count). The van der Waals surface area contributed by atoms with Crippen LogP contribution in [0, 0.1) is 5.41 Å². The summed E-state index contributed by atoms with van der Waals surface area (Å²) < 4.78 is 9.79. The van der Waals surface area contributed by atoms with Gasteiger partial charge in [0, 0.05) is 0 Å². The van der Waals surface area contributed by atoms with Gasteiger partial charge in [-0.15, -0.1) is 0 Å². The summed E-state index contributed by atoms with van der Waals surface area (Å²) in [5, 5.41) is 12.0. The fraction of sp³-hybridized carbons (Fsp3) is 0.538. The van der Waals surface area contributed by atoms with Crippen LogP contribution in [0.3, 0.4) is 0 Å². The SMILES string of the molecule is COC(=O)c1ccc(CNCCC(C)(C)C(=O)O)o1. The van der Waals surface area contributed by atoms with Gasteiger partial charge in [0.25, 0.3) is 0 Å². The Balaban J connectivity index is 2.36. The van der Waals surface area contributed by atoms with Crippen molar-refractivity contribution < 1.29 is 23.8 Å². The van der Waals surface area contributed by atoms with Crippen molar-refractivity contribution >= 4 is 11.9 Å². The second-order valence-electron chi connectivity index (χ2n) is 4.87. The van der Waals surface area contributed by atoms with E-state index < -0.39 is 17.4 Å². The Morgan fingerprint density at radius 3 is 2.68 bits per heavy atom. The molecule has 6 nitrogen and oxygen atoms in total. The number of rotatable bonds is 7. The number of methoxy groups -OCH3 is 1. The van der Waals surface area contributed by atoms with Crippen molar-refractivity contribution in [2.24, 2.45) is 5.41 Å². The number of carbonyl (C=O) groups is 2. The first-order valence-electron chi connectivity index (χ1n) is 5.98. The normalized spacial score (nSPS) is 11.3. The molecule has 0 fully saturated rings. The molecule has 0 aromatic carbocycles. The molecular formula is C13H19NO5. The standard InChI is InChI=1S/C13H19NO5/c1-13(2,12(16)17)6-7-14-8-9-4-5-10(19-9)11(15)18-3/h4-5,14H,6-8H2,1-3H3,(H,16,17). The van der Waals surface area contributed by atoms with Crippen molar-refractivity contribution in [1.82, 2.24) is 5.32 Å². The van der Waals surface area contributed by atoms with Crippen LogP contribution >= 0.6 is 0 Å². The van der Waals surface area contributed by atoms with E-state index in [9.17, 15) is 9.59 Å². The van der Waals surface area contributed by atoms with E-state index >= 15 is 0 Å². The summed E-state index contributed by atoms with van der Waals surface area (Å²) in [5.74, 6) is -0.572. The highest BCUT2D eigenvalue weighted by Crippen LogP contribution is 2.19. The molecule has 0 aliphatic heterocycles. The first-order valence-corrected chi connectivity index (χ1v) is 5.98. The third-order valence-electron chi connectivity index (χ3n) is 2.85. The van der Waals surface area contributed by atoms with Gasteiger partial charge in [-0.1, -0.05) is 0 Å². The Hall–Kier alpha value is -1.82. The number of carbonyl (C=O) groups excluding carboxylic acids is 1. The van der Waals surface area contributed by atoms with Gasteiger partial charge >= 0.3 is 11.9 Å². The van der Waals surface area contributed by atoms with Gasteiger partial charge in [0.05, 0.1) is 19.1 Å². The van der Waals surface area contributed by atoms with Crippen LogP contribution in [0.4, 0.5) is 0 Å². The van der Waals surface area contributed by atoms with Gasteiger partial charge in [0.2, 0.25) is 5.76 Å². The van der Waals surface area contributed by atoms with Gasteiger partial charge in [0.1, 0.15) is 5.76 Å². The van der Waals surface area contributed by atoms with Crippen molar-refractivity contribution in [3.05, 3.63) is 23.7 Å². The number of esters is 1. The predicted octanol–water partition coefficient (Wildman–Crippen LogP) is 1.66.